The minimum Gasteiger partial charge on any atom is -0.309 e. The molecule has 0 saturated carbocycles. The average Bonchev–Trinajstić information content (AvgIpc) is 2.55. The molecule has 0 fully saturated rings. The average molecular weight is 235 g/mol. The number of aromatic nitrogens is 2. The molecular formula is C7H13N3S3. The Balaban J connectivity index is 1.96. The van der Waals surface area contributed by atoms with Gasteiger partial charge < -0.3 is 4.90 Å². The lowest BCUT2D eigenvalue weighted by atomic mass is 10.5. The van der Waals surface area contributed by atoms with Gasteiger partial charge in [0.1, 0.15) is 5.51 Å². The molecule has 6 heteroatoms. The van der Waals surface area contributed by atoms with Crippen LogP contribution in [0.2, 0.25) is 0 Å². The molecule has 1 heterocycles. The summed E-state index contributed by atoms with van der Waals surface area (Å²) in [5.41, 5.74) is 1.77. The molecule has 1 aromatic heterocycles. The minimum absolute atomic E-state index is 1.05. The van der Waals surface area contributed by atoms with Crippen LogP contribution in [0.4, 0.5) is 0 Å². The Kier molecular flexibility index (Phi) is 5.77. The van der Waals surface area contributed by atoms with Gasteiger partial charge in [0.05, 0.1) is 0 Å². The van der Waals surface area contributed by atoms with Crippen LogP contribution in [0, 0.1) is 0 Å². The van der Waals surface area contributed by atoms with Crippen LogP contribution in [-0.4, -0.2) is 41.5 Å². The van der Waals surface area contributed by atoms with Crippen LogP contribution < -0.4 is 0 Å². The first kappa shape index (κ1) is 11.3. The van der Waals surface area contributed by atoms with E-state index in [0.29, 0.717) is 0 Å². The molecule has 0 atom stereocenters. The molecule has 1 rings (SSSR count). The zero-order chi connectivity index (χ0) is 9.52. The van der Waals surface area contributed by atoms with Crippen LogP contribution in [0.3, 0.4) is 0 Å². The molecule has 0 radical (unpaired) electrons. The molecule has 74 valence electrons. The summed E-state index contributed by atoms with van der Waals surface area (Å²) in [6.45, 7) is 1.16. The second kappa shape index (κ2) is 6.64. The maximum absolute atomic E-state index is 3.95. The van der Waals surface area contributed by atoms with Crippen LogP contribution in [0.5, 0.6) is 0 Å². The van der Waals surface area contributed by atoms with E-state index in [1.807, 2.05) is 10.8 Å². The van der Waals surface area contributed by atoms with Gasteiger partial charge in [0.2, 0.25) is 0 Å². The number of rotatable bonds is 6. The lowest BCUT2D eigenvalue weighted by molar-refractivity contribution is 0.410. The third-order valence-electron chi connectivity index (χ3n) is 1.30. The molecule has 0 aliphatic carbocycles. The molecule has 0 saturated heterocycles. The summed E-state index contributed by atoms with van der Waals surface area (Å²) in [7, 11) is 7.77. The zero-order valence-electron chi connectivity index (χ0n) is 7.77. The topological polar surface area (TPSA) is 29.0 Å². The molecule has 13 heavy (non-hydrogen) atoms. The summed E-state index contributed by atoms with van der Waals surface area (Å²) in [5.74, 6) is 1.17. The van der Waals surface area contributed by atoms with Crippen LogP contribution in [0.1, 0.15) is 6.42 Å². The number of hydrogen-bond acceptors (Lipinski definition) is 6. The maximum Gasteiger partial charge on any atom is 0.184 e. The van der Waals surface area contributed by atoms with E-state index in [1.165, 1.54) is 12.2 Å². The monoisotopic (exact) mass is 235 g/mol. The van der Waals surface area contributed by atoms with Gasteiger partial charge in [-0.15, -0.1) is 10.2 Å². The van der Waals surface area contributed by atoms with Gasteiger partial charge in [0.25, 0.3) is 0 Å². The van der Waals surface area contributed by atoms with Crippen molar-refractivity contribution in [2.75, 3.05) is 26.4 Å². The summed E-state index contributed by atoms with van der Waals surface area (Å²) in [4.78, 5) is 2.20. The summed E-state index contributed by atoms with van der Waals surface area (Å²) in [6.07, 6.45) is 1.23. The SMILES string of the molecule is CN(C)CCCSSc1nncs1. The predicted molar refractivity (Wildman–Crippen MR) is 61.4 cm³/mol. The molecule has 0 N–H and O–H groups in total. The predicted octanol–water partition coefficient (Wildman–Crippen LogP) is 2.23. The van der Waals surface area contributed by atoms with E-state index >= 15 is 0 Å². The molecule has 0 spiro atoms. The molecule has 0 aliphatic heterocycles. The van der Waals surface area contributed by atoms with Crippen molar-refractivity contribution in [3.63, 3.8) is 0 Å². The van der Waals surface area contributed by atoms with E-state index in [9.17, 15) is 0 Å². The van der Waals surface area contributed by atoms with Gasteiger partial charge in [0.15, 0.2) is 4.34 Å². The van der Waals surface area contributed by atoms with Crippen molar-refractivity contribution in [1.29, 1.82) is 0 Å². The van der Waals surface area contributed by atoms with Crippen LogP contribution in [0.25, 0.3) is 0 Å². The highest BCUT2D eigenvalue weighted by molar-refractivity contribution is 8.77. The highest BCUT2D eigenvalue weighted by atomic mass is 33.1. The molecule has 0 bridgehead atoms. The van der Waals surface area contributed by atoms with Crippen molar-refractivity contribution in [1.82, 2.24) is 15.1 Å². The Morgan fingerprint density at radius 2 is 2.38 bits per heavy atom. The minimum atomic E-state index is 1.05. The van der Waals surface area contributed by atoms with Crippen LogP contribution in [0.15, 0.2) is 9.85 Å². The first-order chi connectivity index (χ1) is 6.29. The molecule has 0 aliphatic rings. The summed E-state index contributed by atoms with van der Waals surface area (Å²) in [6, 6.07) is 0. The quantitative estimate of drug-likeness (QED) is 0.557. The van der Waals surface area contributed by atoms with E-state index in [-0.39, 0.29) is 0 Å². The normalized spacial score (nSPS) is 11.0. The first-order valence-electron chi connectivity index (χ1n) is 3.99. The third kappa shape index (κ3) is 5.51. The molecular weight excluding hydrogens is 222 g/mol. The molecule has 0 amide bonds. The highest BCUT2D eigenvalue weighted by Crippen LogP contribution is 2.31. The van der Waals surface area contributed by atoms with Gasteiger partial charge in [-0.25, -0.2) is 0 Å². The van der Waals surface area contributed by atoms with E-state index < -0.39 is 0 Å². The number of nitrogens with zero attached hydrogens (tertiary/aromatic N) is 3. The fourth-order valence-corrected chi connectivity index (χ4v) is 3.60. The largest absolute Gasteiger partial charge is 0.309 e. The van der Waals surface area contributed by atoms with Gasteiger partial charge in [-0.3, -0.25) is 0 Å². The maximum atomic E-state index is 3.95. The summed E-state index contributed by atoms with van der Waals surface area (Å²) >= 11 is 1.60. The van der Waals surface area contributed by atoms with E-state index in [4.69, 9.17) is 0 Å². The second-order valence-corrected chi connectivity index (χ2v) is 6.26. The lowest BCUT2D eigenvalue weighted by Crippen LogP contribution is -2.13. The van der Waals surface area contributed by atoms with Gasteiger partial charge >= 0.3 is 0 Å². The second-order valence-electron chi connectivity index (χ2n) is 2.77. The van der Waals surface area contributed by atoms with Crippen molar-refractivity contribution in [2.24, 2.45) is 0 Å². The van der Waals surface area contributed by atoms with Crippen molar-refractivity contribution >= 4 is 32.9 Å². The Morgan fingerprint density at radius 3 is 3.00 bits per heavy atom. The van der Waals surface area contributed by atoms with Crippen LogP contribution >= 0.6 is 32.9 Å². The summed E-state index contributed by atoms with van der Waals surface area (Å²) < 4.78 is 1.05. The number of hydrogen-bond donors (Lipinski definition) is 0. The van der Waals surface area contributed by atoms with Gasteiger partial charge in [-0.05, 0) is 37.9 Å². The van der Waals surface area contributed by atoms with E-state index in [1.54, 1.807) is 27.6 Å². The fraction of sp³-hybridized carbons (Fsp3) is 0.714. The van der Waals surface area contributed by atoms with Gasteiger partial charge in [-0.1, -0.05) is 22.1 Å². The van der Waals surface area contributed by atoms with Crippen molar-refractivity contribution < 1.29 is 0 Å². The summed E-state index contributed by atoms with van der Waals surface area (Å²) in [5, 5.41) is 7.72. The standard InChI is InChI=1S/C7H13N3S3/c1-10(2)4-3-5-12-13-7-9-8-6-11-7/h6H,3-5H2,1-2H3. The lowest BCUT2D eigenvalue weighted by Gasteiger charge is -2.07. The highest BCUT2D eigenvalue weighted by Gasteiger charge is 1.98. The molecule has 0 unspecified atom stereocenters. The Bertz CT molecular complexity index is 213. The molecule has 1 aromatic rings. The van der Waals surface area contributed by atoms with Crippen molar-refractivity contribution in [3.05, 3.63) is 5.51 Å². The molecule has 3 nitrogen and oxygen atoms in total. The third-order valence-corrected chi connectivity index (χ3v) is 4.77. The zero-order valence-corrected chi connectivity index (χ0v) is 10.2. The smallest absolute Gasteiger partial charge is 0.184 e. The first-order valence-corrected chi connectivity index (χ1v) is 7.19. The van der Waals surface area contributed by atoms with Gasteiger partial charge in [-0.2, -0.15) is 0 Å². The van der Waals surface area contributed by atoms with Gasteiger partial charge in [0, 0.05) is 5.75 Å². The van der Waals surface area contributed by atoms with E-state index in [2.05, 4.69) is 29.2 Å². The fourth-order valence-electron chi connectivity index (χ4n) is 0.731. The van der Waals surface area contributed by atoms with Crippen LogP contribution in [-0.2, 0) is 0 Å². The van der Waals surface area contributed by atoms with Crippen molar-refractivity contribution in [2.45, 2.75) is 10.8 Å². The Labute approximate surface area is 90.7 Å². The van der Waals surface area contributed by atoms with E-state index in [0.717, 1.165) is 10.9 Å². The Morgan fingerprint density at radius 1 is 1.54 bits per heavy atom. The van der Waals surface area contributed by atoms with Crippen molar-refractivity contribution in [3.8, 4) is 0 Å². The molecule has 0 aromatic carbocycles. The Hall–Kier alpha value is 0.220.